The Hall–Kier alpha value is -3.35. The molecule has 0 radical (unpaired) electrons. The Morgan fingerprint density at radius 1 is 1.19 bits per heavy atom. The lowest BCUT2D eigenvalue weighted by atomic mass is 10.2. The largest absolute Gasteiger partial charge is 0.481 e. The number of guanidine groups is 1. The molecule has 2 N–H and O–H groups in total. The molecule has 0 aliphatic carbocycles. The number of hydrogen-bond acceptors (Lipinski definition) is 4. The molecule has 0 saturated heterocycles. The van der Waals surface area contributed by atoms with Crippen molar-refractivity contribution in [2.24, 2.45) is 4.99 Å². The van der Waals surface area contributed by atoms with E-state index in [1.165, 1.54) is 0 Å². The molecule has 3 aromatic rings. The monoisotopic (exact) mass is 364 g/mol. The van der Waals surface area contributed by atoms with Crippen molar-refractivity contribution in [3.63, 3.8) is 0 Å². The quantitative estimate of drug-likeness (QED) is 0.519. The summed E-state index contributed by atoms with van der Waals surface area (Å²) in [5, 5.41) is 3.31. The highest BCUT2D eigenvalue weighted by Crippen LogP contribution is 2.16. The van der Waals surface area contributed by atoms with Crippen LogP contribution in [-0.2, 0) is 13.1 Å². The van der Waals surface area contributed by atoms with E-state index in [1.807, 2.05) is 54.5 Å². The van der Waals surface area contributed by atoms with E-state index in [1.54, 1.807) is 14.2 Å². The summed E-state index contributed by atoms with van der Waals surface area (Å²) in [6, 6.07) is 15.8. The van der Waals surface area contributed by atoms with Crippen LogP contribution in [-0.4, -0.2) is 47.0 Å². The number of H-pyrrole nitrogens is 1. The van der Waals surface area contributed by atoms with Crippen LogP contribution in [0.2, 0.25) is 0 Å². The second-order valence-electron chi connectivity index (χ2n) is 6.04. The number of aliphatic imine (C=N–C) groups is 1. The number of nitrogens with zero attached hydrogens (tertiary/aromatic N) is 4. The first-order valence-corrected chi connectivity index (χ1v) is 8.70. The van der Waals surface area contributed by atoms with Gasteiger partial charge in [0.05, 0.1) is 37.8 Å². The highest BCUT2D eigenvalue weighted by Gasteiger charge is 2.10. The number of nitrogens with one attached hydrogen (secondary N) is 2. The van der Waals surface area contributed by atoms with Crippen LogP contribution in [0.1, 0.15) is 11.5 Å². The van der Waals surface area contributed by atoms with Gasteiger partial charge in [-0.15, -0.1) is 0 Å². The van der Waals surface area contributed by atoms with Crippen LogP contribution in [0.4, 0.5) is 0 Å². The molecule has 27 heavy (non-hydrogen) atoms. The third-order valence-corrected chi connectivity index (χ3v) is 4.09. The van der Waals surface area contributed by atoms with Gasteiger partial charge in [-0.3, -0.25) is 4.99 Å². The number of rotatable bonds is 6. The standard InChI is InChI=1S/C20H24N6O/c1-21-20(23-12-16-10-7-11-19(24-16)27-3)26(2)14-18-22-13-17(25-18)15-8-5-4-6-9-15/h4-11,13H,12,14H2,1-3H3,(H,21,23)(H,22,25). The van der Waals surface area contributed by atoms with Crippen molar-refractivity contribution >= 4 is 5.96 Å². The summed E-state index contributed by atoms with van der Waals surface area (Å²) in [6.07, 6.45) is 1.86. The van der Waals surface area contributed by atoms with E-state index >= 15 is 0 Å². The average Bonchev–Trinajstić information content (AvgIpc) is 3.18. The van der Waals surface area contributed by atoms with Gasteiger partial charge in [-0.2, -0.15) is 0 Å². The second kappa shape index (κ2) is 8.84. The van der Waals surface area contributed by atoms with Gasteiger partial charge in [0.25, 0.3) is 0 Å². The van der Waals surface area contributed by atoms with E-state index in [0.29, 0.717) is 19.0 Å². The lowest BCUT2D eigenvalue weighted by Crippen LogP contribution is -2.38. The third kappa shape index (κ3) is 4.84. The predicted molar refractivity (Wildman–Crippen MR) is 106 cm³/mol. The molecule has 3 rings (SSSR count). The van der Waals surface area contributed by atoms with Gasteiger partial charge in [0.15, 0.2) is 5.96 Å². The number of aromatic amines is 1. The Morgan fingerprint density at radius 2 is 2.00 bits per heavy atom. The van der Waals surface area contributed by atoms with E-state index in [9.17, 15) is 0 Å². The Morgan fingerprint density at radius 3 is 2.74 bits per heavy atom. The van der Waals surface area contributed by atoms with Gasteiger partial charge in [-0.1, -0.05) is 36.4 Å². The van der Waals surface area contributed by atoms with Crippen LogP contribution in [0, 0.1) is 0 Å². The van der Waals surface area contributed by atoms with Crippen LogP contribution in [0.15, 0.2) is 59.7 Å². The number of hydrogen-bond donors (Lipinski definition) is 2. The smallest absolute Gasteiger partial charge is 0.213 e. The average molecular weight is 364 g/mol. The maximum Gasteiger partial charge on any atom is 0.213 e. The molecule has 7 nitrogen and oxygen atoms in total. The van der Waals surface area contributed by atoms with Crippen molar-refractivity contribution in [3.05, 3.63) is 66.2 Å². The number of ether oxygens (including phenoxy) is 1. The predicted octanol–water partition coefficient (Wildman–Crippen LogP) is 2.69. The molecule has 0 fully saturated rings. The Kier molecular flexibility index (Phi) is 6.04. The van der Waals surface area contributed by atoms with E-state index in [2.05, 4.69) is 37.4 Å². The van der Waals surface area contributed by atoms with Gasteiger partial charge in [-0.25, -0.2) is 9.97 Å². The van der Waals surface area contributed by atoms with Crippen LogP contribution in [0.3, 0.4) is 0 Å². The molecule has 0 bridgehead atoms. The lowest BCUT2D eigenvalue weighted by Gasteiger charge is -2.21. The number of benzene rings is 1. The first-order valence-electron chi connectivity index (χ1n) is 8.70. The number of imidazole rings is 1. The molecule has 140 valence electrons. The van der Waals surface area contributed by atoms with E-state index in [-0.39, 0.29) is 0 Å². The van der Waals surface area contributed by atoms with Crippen molar-refractivity contribution in [1.82, 2.24) is 25.2 Å². The van der Waals surface area contributed by atoms with Gasteiger partial charge in [0, 0.05) is 20.2 Å². The minimum atomic E-state index is 0.557. The molecule has 2 aromatic heterocycles. The van der Waals surface area contributed by atoms with Crippen LogP contribution >= 0.6 is 0 Å². The summed E-state index contributed by atoms with van der Waals surface area (Å²) in [5.41, 5.74) is 3.00. The number of methoxy groups -OCH3 is 1. The van der Waals surface area contributed by atoms with Crippen LogP contribution < -0.4 is 10.1 Å². The zero-order chi connectivity index (χ0) is 19.1. The summed E-state index contributed by atoms with van der Waals surface area (Å²) < 4.78 is 5.16. The van der Waals surface area contributed by atoms with Crippen LogP contribution in [0.25, 0.3) is 11.3 Å². The molecule has 0 aliphatic heterocycles. The topological polar surface area (TPSA) is 78.4 Å². The highest BCUT2D eigenvalue weighted by molar-refractivity contribution is 5.79. The molecule has 0 spiro atoms. The summed E-state index contributed by atoms with van der Waals surface area (Å²) >= 11 is 0. The number of aromatic nitrogens is 3. The molecule has 0 amide bonds. The molecular formula is C20H24N6O. The minimum absolute atomic E-state index is 0.557. The maximum absolute atomic E-state index is 5.16. The summed E-state index contributed by atoms with van der Waals surface area (Å²) in [7, 11) is 5.34. The molecule has 1 aromatic carbocycles. The fourth-order valence-electron chi connectivity index (χ4n) is 2.73. The Labute approximate surface area is 159 Å². The fourth-order valence-corrected chi connectivity index (χ4v) is 2.73. The van der Waals surface area contributed by atoms with E-state index in [4.69, 9.17) is 4.74 Å². The van der Waals surface area contributed by atoms with E-state index < -0.39 is 0 Å². The first-order chi connectivity index (χ1) is 13.2. The normalized spacial score (nSPS) is 11.3. The molecule has 0 saturated carbocycles. The van der Waals surface area contributed by atoms with Crippen molar-refractivity contribution in [3.8, 4) is 17.1 Å². The first kappa shape index (κ1) is 18.4. The van der Waals surface area contributed by atoms with Gasteiger partial charge < -0.3 is 19.9 Å². The summed E-state index contributed by atoms with van der Waals surface area (Å²) in [5.74, 6) is 2.23. The van der Waals surface area contributed by atoms with Crippen molar-refractivity contribution in [2.45, 2.75) is 13.1 Å². The summed E-state index contributed by atoms with van der Waals surface area (Å²) in [4.78, 5) is 18.6. The SMILES string of the molecule is CN=C(NCc1cccc(OC)n1)N(C)Cc1ncc(-c2ccccc2)[nH]1. The molecule has 7 heteroatoms. The minimum Gasteiger partial charge on any atom is -0.481 e. The van der Waals surface area contributed by atoms with Gasteiger partial charge in [-0.05, 0) is 11.6 Å². The second-order valence-corrected chi connectivity index (χ2v) is 6.04. The highest BCUT2D eigenvalue weighted by atomic mass is 16.5. The van der Waals surface area contributed by atoms with Crippen molar-refractivity contribution in [2.75, 3.05) is 21.2 Å². The number of pyridine rings is 1. The Bertz CT molecular complexity index is 890. The fraction of sp³-hybridized carbons (Fsp3) is 0.250. The zero-order valence-electron chi connectivity index (χ0n) is 15.8. The van der Waals surface area contributed by atoms with Gasteiger partial charge in [0.1, 0.15) is 5.82 Å². The molecule has 2 heterocycles. The third-order valence-electron chi connectivity index (χ3n) is 4.09. The van der Waals surface area contributed by atoms with Gasteiger partial charge in [0.2, 0.25) is 5.88 Å². The lowest BCUT2D eigenvalue weighted by molar-refractivity contribution is 0.396. The van der Waals surface area contributed by atoms with Gasteiger partial charge >= 0.3 is 0 Å². The molecule has 0 unspecified atom stereocenters. The molecule has 0 atom stereocenters. The Balaban J connectivity index is 1.60. The maximum atomic E-state index is 5.16. The van der Waals surface area contributed by atoms with Crippen LogP contribution in [0.5, 0.6) is 5.88 Å². The van der Waals surface area contributed by atoms with Crippen molar-refractivity contribution < 1.29 is 4.74 Å². The van der Waals surface area contributed by atoms with Crippen molar-refractivity contribution in [1.29, 1.82) is 0 Å². The summed E-state index contributed by atoms with van der Waals surface area (Å²) in [6.45, 7) is 1.17. The zero-order valence-corrected chi connectivity index (χ0v) is 15.8. The molecular weight excluding hydrogens is 340 g/mol. The molecule has 0 aliphatic rings. The van der Waals surface area contributed by atoms with E-state index in [0.717, 1.165) is 28.7 Å².